The van der Waals surface area contributed by atoms with Gasteiger partial charge in [-0.25, -0.2) is 0 Å². The molecule has 7 nitrogen and oxygen atoms in total. The minimum absolute atomic E-state index is 0. The normalized spacial score (nSPS) is 2.45. The first-order valence-corrected chi connectivity index (χ1v) is 0.707. The molecule has 11 heteroatoms. The van der Waals surface area contributed by atoms with Gasteiger partial charge in [0.05, 0.1) is 0 Å². The third-order valence-electron chi connectivity index (χ3n) is 0. The van der Waals surface area contributed by atoms with Gasteiger partial charge in [-0.15, -0.1) is 0 Å². The van der Waals surface area contributed by atoms with Gasteiger partial charge in [-0.2, -0.15) is 0 Å². The van der Waals surface area contributed by atoms with Gasteiger partial charge in [0.25, 0.3) is 0 Å². The third kappa shape index (κ3) is 107. The Hall–Kier alpha value is 4.69. The summed E-state index contributed by atoms with van der Waals surface area (Å²) >= 11 is 0. The fourth-order valence-electron chi connectivity index (χ4n) is 0. The first kappa shape index (κ1) is 57.2. The maximum Gasteiger partial charge on any atom is 1.00 e. The molecule has 0 aromatic carbocycles. The molecular formula is H8BK3O7. The van der Waals surface area contributed by atoms with Crippen LogP contribution in [0.1, 0.15) is 0 Å². The molecule has 0 aromatic rings. The van der Waals surface area contributed by atoms with Crippen molar-refractivity contribution in [3.8, 4) is 0 Å². The SMILES string of the molecule is O.O.O.O.[K+].[K+].[K+].[O-]B([O-])[O-]. The zero-order valence-electron chi connectivity index (χ0n) is 6.80. The van der Waals surface area contributed by atoms with Gasteiger partial charge in [0.2, 0.25) is 0 Å². The number of hydrogen-bond donors (Lipinski definition) is 0. The van der Waals surface area contributed by atoms with Crippen LogP contribution in [-0.2, 0) is 0 Å². The molecule has 0 rings (SSSR count). The third-order valence-corrected chi connectivity index (χ3v) is 0. The Labute approximate surface area is 192 Å². The molecule has 0 amide bonds. The van der Waals surface area contributed by atoms with Crippen LogP contribution in [0.5, 0.6) is 0 Å². The Morgan fingerprint density at radius 3 is 0.545 bits per heavy atom. The van der Waals surface area contributed by atoms with E-state index >= 15 is 0 Å². The summed E-state index contributed by atoms with van der Waals surface area (Å²) in [4.78, 5) is 0. The molecule has 0 radical (unpaired) electrons. The van der Waals surface area contributed by atoms with Crippen LogP contribution < -0.4 is 169 Å². The number of rotatable bonds is 0. The van der Waals surface area contributed by atoms with E-state index in [1.54, 1.807) is 0 Å². The van der Waals surface area contributed by atoms with Crippen LogP contribution in [0.15, 0.2) is 0 Å². The monoisotopic (exact) mass is 248 g/mol. The van der Waals surface area contributed by atoms with Gasteiger partial charge in [-0.3, -0.25) is 7.32 Å². The molecule has 8 N–H and O–H groups in total. The molecule has 0 heterocycles. The standard InChI is InChI=1S/BO3.3K.4H2O/c2-1(3)4;;;;;;;/h;;;;4*1H2/q-3;3*+1;;;;. The van der Waals surface area contributed by atoms with E-state index in [-0.39, 0.29) is 176 Å². The van der Waals surface area contributed by atoms with Crippen LogP contribution in [-0.4, -0.2) is 29.2 Å². The van der Waals surface area contributed by atoms with Gasteiger partial charge >= 0.3 is 154 Å². The predicted octanol–water partition coefficient (Wildman–Crippen LogP) is -16.2. The molecular weight excluding hydrogens is 240 g/mol. The molecule has 0 aliphatic rings. The van der Waals surface area contributed by atoms with Crippen molar-refractivity contribution < 1.29 is 191 Å². The van der Waals surface area contributed by atoms with E-state index in [2.05, 4.69) is 0 Å². The van der Waals surface area contributed by atoms with Gasteiger partial charge in [0, 0.05) is 0 Å². The quantitative estimate of drug-likeness (QED) is 0.384. The van der Waals surface area contributed by atoms with Crippen LogP contribution in [0.2, 0.25) is 0 Å². The molecule has 11 heavy (non-hydrogen) atoms. The average Bonchev–Trinajstić information content (AvgIpc) is 0.811. The van der Waals surface area contributed by atoms with E-state index in [4.69, 9.17) is 15.1 Å². The summed E-state index contributed by atoms with van der Waals surface area (Å²) in [7, 11) is -2.92. The first-order valence-electron chi connectivity index (χ1n) is 0.707. The summed E-state index contributed by atoms with van der Waals surface area (Å²) in [5.74, 6) is 0. The Morgan fingerprint density at radius 1 is 0.545 bits per heavy atom. The summed E-state index contributed by atoms with van der Waals surface area (Å²) < 4.78 is 0. The van der Waals surface area contributed by atoms with E-state index < -0.39 is 7.32 Å². The molecule has 0 unspecified atom stereocenters. The van der Waals surface area contributed by atoms with Crippen molar-refractivity contribution in [1.29, 1.82) is 0 Å². The Bertz CT molecular complexity index is 18.4. The van der Waals surface area contributed by atoms with Crippen LogP contribution in [0.3, 0.4) is 0 Å². The van der Waals surface area contributed by atoms with E-state index in [0.717, 1.165) is 0 Å². The Kier molecular flexibility index (Phi) is 242. The maximum atomic E-state index is 8.42. The second-order valence-corrected chi connectivity index (χ2v) is 0.289. The fourth-order valence-corrected chi connectivity index (χ4v) is 0. The predicted molar refractivity (Wildman–Crippen MR) is 20.2 cm³/mol. The summed E-state index contributed by atoms with van der Waals surface area (Å²) in [6.45, 7) is 0. The van der Waals surface area contributed by atoms with Crippen molar-refractivity contribution in [3.05, 3.63) is 0 Å². The first-order chi connectivity index (χ1) is 1.73. The second-order valence-electron chi connectivity index (χ2n) is 0.289. The Balaban J connectivity index is -0.00000000214. The molecule has 0 saturated heterocycles. The zero-order chi connectivity index (χ0) is 3.58. The summed E-state index contributed by atoms with van der Waals surface area (Å²) in [5, 5.41) is 25.2. The molecule has 0 aliphatic carbocycles. The van der Waals surface area contributed by atoms with Crippen molar-refractivity contribution >= 4 is 7.32 Å². The average molecular weight is 248 g/mol. The topological polar surface area (TPSA) is 195 Å². The smallest absolute Gasteiger partial charge is 0.907 e. The van der Waals surface area contributed by atoms with Crippen molar-refractivity contribution in [1.82, 2.24) is 0 Å². The van der Waals surface area contributed by atoms with E-state index in [0.29, 0.717) is 0 Å². The molecule has 0 aliphatic heterocycles. The number of hydrogen-bond acceptors (Lipinski definition) is 3. The van der Waals surface area contributed by atoms with E-state index in [1.165, 1.54) is 0 Å². The van der Waals surface area contributed by atoms with Gasteiger partial charge < -0.3 is 37.0 Å². The van der Waals surface area contributed by atoms with Crippen molar-refractivity contribution in [3.63, 3.8) is 0 Å². The molecule has 0 saturated carbocycles. The molecule has 0 spiro atoms. The summed E-state index contributed by atoms with van der Waals surface area (Å²) in [5.41, 5.74) is 0. The van der Waals surface area contributed by atoms with Crippen LogP contribution in [0.25, 0.3) is 0 Å². The van der Waals surface area contributed by atoms with Gasteiger partial charge in [-0.1, -0.05) is 0 Å². The minimum Gasteiger partial charge on any atom is -0.907 e. The van der Waals surface area contributed by atoms with Crippen LogP contribution in [0, 0.1) is 0 Å². The maximum absolute atomic E-state index is 8.42. The molecule has 0 bridgehead atoms. The van der Waals surface area contributed by atoms with Gasteiger partial charge in [0.15, 0.2) is 0 Å². The molecule has 56 valence electrons. The van der Waals surface area contributed by atoms with Crippen molar-refractivity contribution in [2.24, 2.45) is 0 Å². The minimum atomic E-state index is -2.92. The van der Waals surface area contributed by atoms with Crippen LogP contribution >= 0.6 is 0 Å². The van der Waals surface area contributed by atoms with Crippen LogP contribution in [0.4, 0.5) is 0 Å². The van der Waals surface area contributed by atoms with Crippen molar-refractivity contribution in [2.75, 3.05) is 0 Å². The fraction of sp³-hybridized carbons (Fsp3) is 0. The van der Waals surface area contributed by atoms with Gasteiger partial charge in [-0.05, 0) is 0 Å². The Morgan fingerprint density at radius 2 is 0.545 bits per heavy atom. The molecule has 0 atom stereocenters. The van der Waals surface area contributed by atoms with E-state index in [1.807, 2.05) is 0 Å². The second kappa shape index (κ2) is 46.5. The van der Waals surface area contributed by atoms with Gasteiger partial charge in [0.1, 0.15) is 0 Å². The van der Waals surface area contributed by atoms with Crippen molar-refractivity contribution in [2.45, 2.75) is 0 Å². The largest absolute Gasteiger partial charge is 1.00 e. The summed E-state index contributed by atoms with van der Waals surface area (Å²) in [6.07, 6.45) is 0. The van der Waals surface area contributed by atoms with E-state index in [9.17, 15) is 0 Å². The molecule has 0 fully saturated rings. The summed E-state index contributed by atoms with van der Waals surface area (Å²) in [6, 6.07) is 0. The zero-order valence-corrected chi connectivity index (χ0v) is 16.2. The molecule has 0 aromatic heterocycles.